The molecule has 3 amide bonds. The van der Waals surface area contributed by atoms with Crippen LogP contribution in [0.5, 0.6) is 0 Å². The minimum atomic E-state index is -0.827. The molecule has 7 heteroatoms. The van der Waals surface area contributed by atoms with Crippen molar-refractivity contribution in [2.45, 2.75) is 64.2 Å². The van der Waals surface area contributed by atoms with Gasteiger partial charge in [0.2, 0.25) is 11.8 Å². The number of hydrogen-bond acceptors (Lipinski definition) is 5. The van der Waals surface area contributed by atoms with Gasteiger partial charge in [-0.15, -0.1) is 0 Å². The molecule has 6 rings (SSSR count). The second kappa shape index (κ2) is 8.51. The molecule has 4 bridgehead atoms. The standard InChI is InChI=1S/C26H34N2O5/c1-16-4-6-20(7-5-16)28-22(29)11-21(24(28)30)27(15-23(32-2)33-3)25(31)26-12-17-8-18(13-26)10-19(9-17)14-26/h4-7,17-19,21,23H,8-15H2,1-3H3. The van der Waals surface area contributed by atoms with Crippen molar-refractivity contribution in [3.05, 3.63) is 29.8 Å². The van der Waals surface area contributed by atoms with E-state index >= 15 is 0 Å². The number of benzene rings is 1. The van der Waals surface area contributed by atoms with Crippen LogP contribution in [0, 0.1) is 30.1 Å². The Kier molecular flexibility index (Phi) is 5.81. The highest BCUT2D eigenvalue weighted by Crippen LogP contribution is 2.60. The van der Waals surface area contributed by atoms with Gasteiger partial charge in [-0.3, -0.25) is 14.4 Å². The smallest absolute Gasteiger partial charge is 0.257 e. The molecule has 1 atom stereocenters. The first-order chi connectivity index (χ1) is 15.8. The molecule has 1 unspecified atom stereocenters. The Morgan fingerprint density at radius 3 is 2.09 bits per heavy atom. The van der Waals surface area contributed by atoms with Gasteiger partial charge in [-0.25, -0.2) is 4.90 Å². The molecule has 0 aromatic heterocycles. The van der Waals surface area contributed by atoms with E-state index < -0.39 is 17.7 Å². The van der Waals surface area contributed by atoms with Gasteiger partial charge in [-0.2, -0.15) is 0 Å². The van der Waals surface area contributed by atoms with E-state index in [0.29, 0.717) is 23.4 Å². The molecule has 5 fully saturated rings. The summed E-state index contributed by atoms with van der Waals surface area (Å²) in [5.41, 5.74) is 1.19. The van der Waals surface area contributed by atoms with E-state index in [1.807, 2.05) is 19.1 Å². The van der Waals surface area contributed by atoms with E-state index in [1.165, 1.54) is 38.4 Å². The van der Waals surface area contributed by atoms with Crippen molar-refractivity contribution in [3.63, 3.8) is 0 Å². The summed E-state index contributed by atoms with van der Waals surface area (Å²) < 4.78 is 10.8. The van der Waals surface area contributed by atoms with Crippen LogP contribution in [-0.4, -0.2) is 55.7 Å². The first-order valence-corrected chi connectivity index (χ1v) is 12.1. The van der Waals surface area contributed by atoms with Crippen LogP contribution in [0.25, 0.3) is 0 Å². The molecule has 1 aromatic rings. The summed E-state index contributed by atoms with van der Waals surface area (Å²) in [5, 5.41) is 0. The van der Waals surface area contributed by atoms with Crippen molar-refractivity contribution >= 4 is 23.4 Å². The average Bonchev–Trinajstić information content (AvgIpc) is 3.08. The average molecular weight is 455 g/mol. The number of hydrogen-bond donors (Lipinski definition) is 0. The van der Waals surface area contributed by atoms with E-state index in [9.17, 15) is 14.4 Å². The molecular weight excluding hydrogens is 420 g/mol. The summed E-state index contributed by atoms with van der Waals surface area (Å²) in [6, 6.07) is 6.51. The zero-order chi connectivity index (χ0) is 23.3. The number of carbonyl (C=O) groups excluding carboxylic acids is 3. The number of rotatable bonds is 7. The maximum absolute atomic E-state index is 14.2. The first kappa shape index (κ1) is 22.5. The number of ether oxygens (including phenoxy) is 2. The third-order valence-corrected chi connectivity index (χ3v) is 8.42. The Hall–Kier alpha value is -2.25. The van der Waals surface area contributed by atoms with Gasteiger partial charge in [-0.05, 0) is 75.3 Å². The van der Waals surface area contributed by atoms with Crippen LogP contribution >= 0.6 is 0 Å². The highest BCUT2D eigenvalue weighted by Gasteiger charge is 2.57. The van der Waals surface area contributed by atoms with Gasteiger partial charge in [0.1, 0.15) is 6.04 Å². The molecule has 1 aromatic carbocycles. The predicted molar refractivity (Wildman–Crippen MR) is 122 cm³/mol. The molecule has 0 spiro atoms. The lowest BCUT2D eigenvalue weighted by Crippen LogP contribution is -2.59. The molecule has 0 N–H and O–H groups in total. The van der Waals surface area contributed by atoms with Crippen molar-refractivity contribution in [3.8, 4) is 0 Å². The van der Waals surface area contributed by atoms with Crippen molar-refractivity contribution in [1.29, 1.82) is 0 Å². The van der Waals surface area contributed by atoms with E-state index in [2.05, 4.69) is 0 Å². The molecule has 1 heterocycles. The topological polar surface area (TPSA) is 76.2 Å². The van der Waals surface area contributed by atoms with Gasteiger partial charge < -0.3 is 14.4 Å². The molecule has 1 aliphatic heterocycles. The van der Waals surface area contributed by atoms with Crippen molar-refractivity contribution < 1.29 is 23.9 Å². The molecule has 4 saturated carbocycles. The molecule has 0 radical (unpaired) electrons. The molecule has 7 nitrogen and oxygen atoms in total. The summed E-state index contributed by atoms with van der Waals surface area (Å²) in [6.45, 7) is 2.10. The Morgan fingerprint density at radius 2 is 1.58 bits per heavy atom. The molecule has 178 valence electrons. The number of aryl methyl sites for hydroxylation is 1. The fourth-order valence-electron chi connectivity index (χ4n) is 7.26. The molecule has 33 heavy (non-hydrogen) atoms. The van der Waals surface area contributed by atoms with Gasteiger partial charge in [0, 0.05) is 14.2 Å². The SMILES string of the molecule is COC(CN(C(=O)C12CC3CC(CC(C3)C1)C2)C1CC(=O)N(c2ccc(C)cc2)C1=O)OC. The van der Waals surface area contributed by atoms with Gasteiger partial charge in [0.15, 0.2) is 6.29 Å². The Labute approximate surface area is 195 Å². The van der Waals surface area contributed by atoms with E-state index in [-0.39, 0.29) is 30.7 Å². The van der Waals surface area contributed by atoms with Crippen molar-refractivity contribution in [1.82, 2.24) is 4.90 Å². The lowest BCUT2D eigenvalue weighted by molar-refractivity contribution is -0.172. The second-order valence-corrected chi connectivity index (χ2v) is 10.7. The largest absolute Gasteiger partial charge is 0.354 e. The van der Waals surface area contributed by atoms with Crippen LogP contribution in [0.3, 0.4) is 0 Å². The van der Waals surface area contributed by atoms with Gasteiger partial charge in [0.25, 0.3) is 5.91 Å². The van der Waals surface area contributed by atoms with Crippen molar-refractivity contribution in [2.24, 2.45) is 23.2 Å². The number of nitrogens with zero attached hydrogens (tertiary/aromatic N) is 2. The van der Waals surface area contributed by atoms with Crippen LogP contribution in [0.15, 0.2) is 24.3 Å². The van der Waals surface area contributed by atoms with Crippen LogP contribution in [-0.2, 0) is 23.9 Å². The van der Waals surface area contributed by atoms with Crippen LogP contribution in [0.1, 0.15) is 50.5 Å². The van der Waals surface area contributed by atoms with Gasteiger partial charge in [-0.1, -0.05) is 17.7 Å². The number of imide groups is 1. The lowest BCUT2D eigenvalue weighted by Gasteiger charge is -2.57. The van der Waals surface area contributed by atoms with Crippen LogP contribution in [0.2, 0.25) is 0 Å². The Balaban J connectivity index is 1.45. The number of methoxy groups -OCH3 is 2. The third kappa shape index (κ3) is 3.89. The van der Waals surface area contributed by atoms with E-state index in [0.717, 1.165) is 24.8 Å². The van der Waals surface area contributed by atoms with Crippen molar-refractivity contribution in [2.75, 3.05) is 25.7 Å². The maximum Gasteiger partial charge on any atom is 0.257 e. The van der Waals surface area contributed by atoms with Gasteiger partial charge in [0.05, 0.1) is 24.1 Å². The summed E-state index contributed by atoms with van der Waals surface area (Å²) >= 11 is 0. The molecular formula is C26H34N2O5. The molecule has 4 aliphatic carbocycles. The maximum atomic E-state index is 14.2. The third-order valence-electron chi connectivity index (χ3n) is 8.42. The van der Waals surface area contributed by atoms with Gasteiger partial charge >= 0.3 is 0 Å². The minimum Gasteiger partial charge on any atom is -0.354 e. The van der Waals surface area contributed by atoms with E-state index in [1.54, 1.807) is 17.0 Å². The Morgan fingerprint density at radius 1 is 1.03 bits per heavy atom. The van der Waals surface area contributed by atoms with Crippen LogP contribution in [0.4, 0.5) is 5.69 Å². The summed E-state index contributed by atoms with van der Waals surface area (Å²) in [7, 11) is 3.06. The monoisotopic (exact) mass is 454 g/mol. The number of anilines is 1. The highest BCUT2D eigenvalue weighted by atomic mass is 16.7. The molecule has 5 aliphatic rings. The fraction of sp³-hybridized carbons (Fsp3) is 0.654. The van der Waals surface area contributed by atoms with E-state index in [4.69, 9.17) is 9.47 Å². The normalized spacial score (nSPS) is 32.8. The number of amides is 3. The summed E-state index contributed by atoms with van der Waals surface area (Å²) in [5.74, 6) is 1.21. The summed E-state index contributed by atoms with van der Waals surface area (Å²) in [6.07, 6.45) is 5.72. The fourth-order valence-corrected chi connectivity index (χ4v) is 7.26. The first-order valence-electron chi connectivity index (χ1n) is 12.1. The number of carbonyl (C=O) groups is 3. The zero-order valence-electron chi connectivity index (χ0n) is 19.8. The predicted octanol–water partition coefficient (Wildman–Crippen LogP) is 3.29. The minimum absolute atomic E-state index is 0.00896. The second-order valence-electron chi connectivity index (χ2n) is 10.7. The summed E-state index contributed by atoms with van der Waals surface area (Å²) in [4.78, 5) is 43.6. The lowest BCUT2D eigenvalue weighted by atomic mass is 9.49. The Bertz CT molecular complexity index is 903. The quantitative estimate of drug-likeness (QED) is 0.467. The highest BCUT2D eigenvalue weighted by molar-refractivity contribution is 6.23. The molecule has 1 saturated heterocycles. The van der Waals surface area contributed by atoms with Crippen LogP contribution < -0.4 is 4.90 Å². The zero-order valence-corrected chi connectivity index (χ0v) is 19.8.